The Hall–Kier alpha value is -2.93. The van der Waals surface area contributed by atoms with Crippen LogP contribution in [-0.4, -0.2) is 56.5 Å². The summed E-state index contributed by atoms with van der Waals surface area (Å²) in [5, 5.41) is 3.23. The maximum absolute atomic E-state index is 13.7. The summed E-state index contributed by atoms with van der Waals surface area (Å²) in [6, 6.07) is 12.2. The maximum atomic E-state index is 13.7. The highest BCUT2D eigenvalue weighted by Gasteiger charge is 2.32. The predicted octanol–water partition coefficient (Wildman–Crippen LogP) is 4.90. The van der Waals surface area contributed by atoms with Crippen LogP contribution >= 0.6 is 11.6 Å². The molecule has 36 heavy (non-hydrogen) atoms. The lowest BCUT2D eigenvalue weighted by atomic mass is 10.0. The van der Waals surface area contributed by atoms with Crippen LogP contribution in [0.25, 0.3) is 0 Å². The summed E-state index contributed by atoms with van der Waals surface area (Å²) in [4.78, 5) is 28.4. The lowest BCUT2D eigenvalue weighted by molar-refractivity contribution is -0.139. The molecule has 196 valence electrons. The molecule has 1 atom stereocenters. The van der Waals surface area contributed by atoms with Gasteiger partial charge in [-0.15, -0.1) is 11.6 Å². The first-order chi connectivity index (χ1) is 17.5. The van der Waals surface area contributed by atoms with E-state index in [1.807, 2.05) is 30.3 Å². The Labute approximate surface area is 219 Å². The van der Waals surface area contributed by atoms with Crippen LogP contribution in [-0.2, 0) is 16.0 Å². The van der Waals surface area contributed by atoms with Crippen LogP contribution in [0.2, 0.25) is 0 Å². The van der Waals surface area contributed by atoms with Gasteiger partial charge in [0.15, 0.2) is 11.5 Å². The third-order valence-corrected chi connectivity index (χ3v) is 6.95. The van der Waals surface area contributed by atoms with Gasteiger partial charge < -0.3 is 24.4 Å². The first kappa shape index (κ1) is 27.7. The summed E-state index contributed by atoms with van der Waals surface area (Å²) in [5.41, 5.74) is 1.67. The summed E-state index contributed by atoms with van der Waals surface area (Å²) in [6.07, 6.45) is 7.01. The molecule has 1 saturated carbocycles. The Balaban J connectivity index is 1.89. The van der Waals surface area contributed by atoms with E-state index in [1.165, 1.54) is 12.8 Å². The highest BCUT2D eigenvalue weighted by atomic mass is 35.5. The summed E-state index contributed by atoms with van der Waals surface area (Å²) in [6.45, 7) is 0.315. The van der Waals surface area contributed by atoms with Gasteiger partial charge in [0, 0.05) is 12.6 Å². The van der Waals surface area contributed by atoms with E-state index >= 15 is 0 Å². The summed E-state index contributed by atoms with van der Waals surface area (Å²) in [7, 11) is 4.77. The lowest BCUT2D eigenvalue weighted by Crippen LogP contribution is -2.47. The van der Waals surface area contributed by atoms with Crippen LogP contribution in [0.3, 0.4) is 0 Å². The van der Waals surface area contributed by atoms with Crippen molar-refractivity contribution in [1.82, 2.24) is 10.2 Å². The number of rotatable bonds is 11. The van der Waals surface area contributed by atoms with Gasteiger partial charge in [0.2, 0.25) is 11.8 Å². The van der Waals surface area contributed by atoms with Gasteiger partial charge in [-0.2, -0.15) is 0 Å². The van der Waals surface area contributed by atoms with E-state index in [-0.39, 0.29) is 23.7 Å². The maximum Gasteiger partial charge on any atom is 0.247 e. The van der Waals surface area contributed by atoms with Crippen molar-refractivity contribution in [2.24, 2.45) is 0 Å². The highest BCUT2D eigenvalue weighted by Crippen LogP contribution is 2.29. The van der Waals surface area contributed by atoms with E-state index < -0.39 is 6.04 Å². The molecule has 7 nitrogen and oxygen atoms in total. The van der Waals surface area contributed by atoms with Gasteiger partial charge >= 0.3 is 0 Å². The van der Waals surface area contributed by atoms with Gasteiger partial charge in [-0.25, -0.2) is 0 Å². The zero-order chi connectivity index (χ0) is 25.9. The third-order valence-electron chi connectivity index (χ3n) is 6.72. The van der Waals surface area contributed by atoms with Crippen molar-refractivity contribution in [3.8, 4) is 17.2 Å². The number of hydrogen-bond acceptors (Lipinski definition) is 5. The molecule has 0 bridgehead atoms. The third kappa shape index (κ3) is 7.29. The molecule has 8 heteroatoms. The predicted molar refractivity (Wildman–Crippen MR) is 141 cm³/mol. The molecular weight excluding hydrogens is 480 g/mol. The fourth-order valence-electron chi connectivity index (χ4n) is 4.72. The molecule has 0 saturated heterocycles. The number of hydrogen-bond donors (Lipinski definition) is 1. The Kier molecular flexibility index (Phi) is 10.7. The smallest absolute Gasteiger partial charge is 0.247 e. The molecule has 0 spiro atoms. The zero-order valence-corrected chi connectivity index (χ0v) is 22.2. The van der Waals surface area contributed by atoms with E-state index in [4.69, 9.17) is 25.8 Å². The normalized spacial score (nSPS) is 14.9. The second-order valence-electron chi connectivity index (χ2n) is 9.03. The largest absolute Gasteiger partial charge is 0.497 e. The Morgan fingerprint density at radius 1 is 0.944 bits per heavy atom. The zero-order valence-electron chi connectivity index (χ0n) is 21.4. The minimum Gasteiger partial charge on any atom is -0.497 e. The van der Waals surface area contributed by atoms with Crippen molar-refractivity contribution in [1.29, 1.82) is 0 Å². The molecule has 3 rings (SSSR count). The van der Waals surface area contributed by atoms with Crippen LogP contribution in [0.15, 0.2) is 42.5 Å². The number of ether oxygens (including phenoxy) is 3. The average molecular weight is 517 g/mol. The van der Waals surface area contributed by atoms with Crippen molar-refractivity contribution >= 4 is 23.4 Å². The van der Waals surface area contributed by atoms with Gasteiger partial charge in [0.1, 0.15) is 17.7 Å². The van der Waals surface area contributed by atoms with E-state index in [0.29, 0.717) is 35.8 Å². The molecule has 0 aromatic heterocycles. The van der Waals surface area contributed by atoms with Gasteiger partial charge in [-0.05, 0) is 54.7 Å². The van der Waals surface area contributed by atoms with Gasteiger partial charge in [0.05, 0.1) is 21.3 Å². The quantitative estimate of drug-likeness (QED) is 0.339. The van der Waals surface area contributed by atoms with Crippen molar-refractivity contribution in [2.45, 2.75) is 57.0 Å². The number of alkyl halides is 1. The van der Waals surface area contributed by atoms with Crippen LogP contribution in [0.1, 0.15) is 55.7 Å². The minimum atomic E-state index is -0.800. The Morgan fingerprint density at radius 3 is 2.19 bits per heavy atom. The van der Waals surface area contributed by atoms with Gasteiger partial charge in [-0.1, -0.05) is 43.9 Å². The lowest BCUT2D eigenvalue weighted by Gasteiger charge is -2.32. The molecule has 1 aliphatic carbocycles. The number of nitrogens with one attached hydrogen (secondary N) is 1. The van der Waals surface area contributed by atoms with Crippen LogP contribution in [0.4, 0.5) is 0 Å². The number of carbonyl (C=O) groups is 2. The molecule has 0 unspecified atom stereocenters. The molecule has 0 aliphatic heterocycles. The molecule has 2 aromatic carbocycles. The van der Waals surface area contributed by atoms with Crippen molar-refractivity contribution in [3.05, 3.63) is 53.6 Å². The number of nitrogens with zero attached hydrogens (tertiary/aromatic N) is 1. The second-order valence-corrected chi connectivity index (χ2v) is 9.30. The van der Waals surface area contributed by atoms with E-state index in [2.05, 4.69) is 5.32 Å². The standard InChI is InChI=1S/C28H37ClN2O5/c1-34-23-13-11-21(12-14-23)27(28(33)30-22-8-6-4-5-7-9-22)31(26(32)19-29)17-16-20-10-15-24(35-2)25(18-20)36-3/h10-15,18,22,27H,4-9,16-17,19H2,1-3H3,(H,30,33)/t27-/m1/s1. The SMILES string of the molecule is COc1ccc([C@H](C(=O)NC2CCCCCC2)N(CCc2ccc(OC)c(OC)c2)C(=O)CCl)cc1. The van der Waals surface area contributed by atoms with Crippen molar-refractivity contribution in [2.75, 3.05) is 33.8 Å². The number of halogens is 1. The highest BCUT2D eigenvalue weighted by molar-refractivity contribution is 6.27. The van der Waals surface area contributed by atoms with Crippen LogP contribution in [0.5, 0.6) is 17.2 Å². The molecular formula is C28H37ClN2O5. The number of amides is 2. The van der Waals surface area contributed by atoms with E-state index in [9.17, 15) is 9.59 Å². The summed E-state index contributed by atoms with van der Waals surface area (Å²) >= 11 is 6.03. The first-order valence-electron chi connectivity index (χ1n) is 12.5. The van der Waals surface area contributed by atoms with E-state index in [1.54, 1.807) is 38.4 Å². The van der Waals surface area contributed by atoms with Gasteiger partial charge in [-0.3, -0.25) is 9.59 Å². The summed E-state index contributed by atoms with van der Waals surface area (Å²) < 4.78 is 16.0. The summed E-state index contributed by atoms with van der Waals surface area (Å²) in [5.74, 6) is 1.24. The minimum absolute atomic E-state index is 0.111. The molecule has 2 amide bonds. The van der Waals surface area contributed by atoms with Crippen LogP contribution < -0.4 is 19.5 Å². The number of benzene rings is 2. The van der Waals surface area contributed by atoms with Gasteiger partial charge in [0.25, 0.3) is 0 Å². The molecule has 2 aromatic rings. The fraction of sp³-hybridized carbons (Fsp3) is 0.500. The molecule has 1 fully saturated rings. The Bertz CT molecular complexity index is 990. The van der Waals surface area contributed by atoms with E-state index in [0.717, 1.165) is 31.2 Å². The fourth-order valence-corrected chi connectivity index (χ4v) is 4.88. The molecule has 0 radical (unpaired) electrons. The monoisotopic (exact) mass is 516 g/mol. The molecule has 1 N–H and O–H groups in total. The number of methoxy groups -OCH3 is 3. The van der Waals surface area contributed by atoms with Crippen molar-refractivity contribution in [3.63, 3.8) is 0 Å². The second kappa shape index (κ2) is 14.0. The molecule has 1 aliphatic rings. The Morgan fingerprint density at radius 2 is 1.61 bits per heavy atom. The topological polar surface area (TPSA) is 77.1 Å². The average Bonchev–Trinajstić information content (AvgIpc) is 3.19. The number of carbonyl (C=O) groups excluding carboxylic acids is 2. The first-order valence-corrected chi connectivity index (χ1v) is 13.0. The molecule has 0 heterocycles. The van der Waals surface area contributed by atoms with Crippen molar-refractivity contribution < 1.29 is 23.8 Å². The van der Waals surface area contributed by atoms with Crippen LogP contribution in [0, 0.1) is 0 Å².